The van der Waals surface area contributed by atoms with Crippen molar-refractivity contribution in [3.63, 3.8) is 0 Å². The molecule has 1 amide bonds. The number of carbonyl (C=O) groups excluding carboxylic acids is 1. The molecule has 1 aliphatic heterocycles. The van der Waals surface area contributed by atoms with Gasteiger partial charge in [-0.15, -0.1) is 0 Å². The summed E-state index contributed by atoms with van der Waals surface area (Å²) >= 11 is 0. The zero-order valence-corrected chi connectivity index (χ0v) is 10.2. The highest BCUT2D eigenvalue weighted by molar-refractivity contribution is 5.79. The van der Waals surface area contributed by atoms with Crippen LogP contribution < -0.4 is 0 Å². The lowest BCUT2D eigenvalue weighted by atomic mass is 10.1. The number of aliphatic hydroxyl groups excluding tert-OH is 1. The van der Waals surface area contributed by atoms with Crippen LogP contribution in [0.4, 0.5) is 13.2 Å². The van der Waals surface area contributed by atoms with Gasteiger partial charge in [0, 0.05) is 13.1 Å². The normalized spacial score (nSPS) is 19.8. The van der Waals surface area contributed by atoms with Crippen molar-refractivity contribution in [2.24, 2.45) is 0 Å². The van der Waals surface area contributed by atoms with E-state index >= 15 is 0 Å². The third-order valence-corrected chi connectivity index (χ3v) is 3.13. The molecule has 0 spiro atoms. The molecule has 0 saturated carbocycles. The summed E-state index contributed by atoms with van der Waals surface area (Å²) in [5.74, 6) is -0.254. The number of carbonyl (C=O) groups is 1. The largest absolute Gasteiger partial charge is 0.416 e. The molecule has 1 N–H and O–H groups in total. The van der Waals surface area contributed by atoms with Crippen molar-refractivity contribution in [3.05, 3.63) is 35.4 Å². The Morgan fingerprint density at radius 1 is 1.42 bits per heavy atom. The number of alkyl halides is 3. The number of amides is 1. The third-order valence-electron chi connectivity index (χ3n) is 3.13. The predicted octanol–water partition coefficient (Wildman–Crippen LogP) is 1.84. The van der Waals surface area contributed by atoms with Gasteiger partial charge in [-0.05, 0) is 18.1 Å². The molecular formula is C13H14F3NO2. The van der Waals surface area contributed by atoms with Crippen LogP contribution in [-0.4, -0.2) is 35.1 Å². The summed E-state index contributed by atoms with van der Waals surface area (Å²) in [6.45, 7) is 0.719. The maximum absolute atomic E-state index is 12.5. The number of halogens is 3. The van der Waals surface area contributed by atoms with Crippen molar-refractivity contribution in [3.8, 4) is 0 Å². The Morgan fingerprint density at radius 2 is 2.16 bits per heavy atom. The van der Waals surface area contributed by atoms with Gasteiger partial charge in [0.1, 0.15) is 0 Å². The molecule has 0 radical (unpaired) electrons. The van der Waals surface area contributed by atoms with Gasteiger partial charge in [-0.2, -0.15) is 13.2 Å². The smallest absolute Gasteiger partial charge is 0.391 e. The van der Waals surface area contributed by atoms with Crippen LogP contribution in [0, 0.1) is 0 Å². The molecule has 0 aliphatic carbocycles. The van der Waals surface area contributed by atoms with Gasteiger partial charge in [0.15, 0.2) is 0 Å². The van der Waals surface area contributed by atoms with E-state index in [0.717, 1.165) is 12.1 Å². The van der Waals surface area contributed by atoms with E-state index in [0.29, 0.717) is 18.5 Å². The fraction of sp³-hybridized carbons (Fsp3) is 0.462. The number of hydrogen-bond donors (Lipinski definition) is 1. The average Bonchev–Trinajstić information content (AvgIpc) is 2.75. The molecule has 0 bridgehead atoms. The molecule has 1 aromatic carbocycles. The molecule has 2 rings (SSSR count). The molecule has 1 fully saturated rings. The number of likely N-dealkylation sites (tertiary alicyclic amines) is 1. The van der Waals surface area contributed by atoms with Crippen molar-refractivity contribution in [2.45, 2.75) is 25.1 Å². The van der Waals surface area contributed by atoms with Crippen LogP contribution in [-0.2, 0) is 17.4 Å². The van der Waals surface area contributed by atoms with Crippen molar-refractivity contribution in [2.75, 3.05) is 13.1 Å². The zero-order valence-electron chi connectivity index (χ0n) is 10.2. The minimum absolute atomic E-state index is 0.0728. The number of nitrogens with zero attached hydrogens (tertiary/aromatic N) is 1. The second kappa shape index (κ2) is 5.21. The van der Waals surface area contributed by atoms with Crippen molar-refractivity contribution in [1.29, 1.82) is 0 Å². The Kier molecular flexibility index (Phi) is 3.80. The Balaban J connectivity index is 2.05. The highest BCUT2D eigenvalue weighted by atomic mass is 19.4. The number of β-amino-alcohol motifs (C(OH)–C–C–N with tert-alkyl or cyclic N) is 1. The SMILES string of the molecule is O=C(Cc1cccc(C(F)(F)F)c1)N1CC[C@@H](O)C1. The van der Waals surface area contributed by atoms with E-state index < -0.39 is 17.8 Å². The Morgan fingerprint density at radius 3 is 2.74 bits per heavy atom. The zero-order chi connectivity index (χ0) is 14.0. The van der Waals surface area contributed by atoms with E-state index in [-0.39, 0.29) is 18.9 Å². The molecule has 1 aliphatic rings. The Hall–Kier alpha value is -1.56. The van der Waals surface area contributed by atoms with E-state index in [2.05, 4.69) is 0 Å². The summed E-state index contributed by atoms with van der Waals surface area (Å²) in [6, 6.07) is 4.77. The third kappa shape index (κ3) is 3.47. The van der Waals surface area contributed by atoms with Crippen LogP contribution in [0.25, 0.3) is 0 Å². The molecule has 1 atom stereocenters. The molecular weight excluding hydrogens is 259 g/mol. The lowest BCUT2D eigenvalue weighted by molar-refractivity contribution is -0.138. The molecule has 3 nitrogen and oxygen atoms in total. The highest BCUT2D eigenvalue weighted by Gasteiger charge is 2.31. The molecule has 1 saturated heterocycles. The first-order valence-electron chi connectivity index (χ1n) is 5.98. The Labute approximate surface area is 108 Å². The van der Waals surface area contributed by atoms with Gasteiger partial charge in [0.05, 0.1) is 18.1 Å². The molecule has 19 heavy (non-hydrogen) atoms. The van der Waals surface area contributed by atoms with Gasteiger partial charge in [0.2, 0.25) is 5.91 Å². The minimum Gasteiger partial charge on any atom is -0.391 e. The quantitative estimate of drug-likeness (QED) is 0.893. The minimum atomic E-state index is -4.40. The van der Waals surface area contributed by atoms with Crippen molar-refractivity contribution < 1.29 is 23.1 Å². The maximum atomic E-state index is 12.5. The standard InChI is InChI=1S/C13H14F3NO2/c14-13(15,16)10-3-1-2-9(6-10)7-12(19)17-5-4-11(18)8-17/h1-3,6,11,18H,4-5,7-8H2/t11-/m1/s1. The molecule has 0 unspecified atom stereocenters. The molecule has 1 aromatic rings. The van der Waals surface area contributed by atoms with Gasteiger partial charge < -0.3 is 10.0 Å². The summed E-state index contributed by atoms with van der Waals surface area (Å²) in [6.07, 6.45) is -4.47. The summed E-state index contributed by atoms with van der Waals surface area (Å²) in [4.78, 5) is 13.3. The lowest BCUT2D eigenvalue weighted by Crippen LogP contribution is -2.30. The predicted molar refractivity (Wildman–Crippen MR) is 62.4 cm³/mol. The molecule has 104 valence electrons. The van der Waals surface area contributed by atoms with E-state index in [1.165, 1.54) is 17.0 Å². The van der Waals surface area contributed by atoms with Crippen molar-refractivity contribution in [1.82, 2.24) is 4.90 Å². The van der Waals surface area contributed by atoms with Crippen LogP contribution >= 0.6 is 0 Å². The first-order valence-corrected chi connectivity index (χ1v) is 5.98. The van der Waals surface area contributed by atoms with Crippen LogP contribution in [0.15, 0.2) is 24.3 Å². The van der Waals surface area contributed by atoms with Crippen molar-refractivity contribution >= 4 is 5.91 Å². The van der Waals surface area contributed by atoms with Crippen LogP contribution in [0.1, 0.15) is 17.5 Å². The summed E-state index contributed by atoms with van der Waals surface area (Å²) < 4.78 is 37.6. The summed E-state index contributed by atoms with van der Waals surface area (Å²) in [7, 11) is 0. The van der Waals surface area contributed by atoms with Gasteiger partial charge in [0.25, 0.3) is 0 Å². The monoisotopic (exact) mass is 273 g/mol. The van der Waals surface area contributed by atoms with Gasteiger partial charge >= 0.3 is 6.18 Å². The first kappa shape index (κ1) is 13.9. The van der Waals surface area contributed by atoms with E-state index in [1.807, 2.05) is 0 Å². The fourth-order valence-electron chi connectivity index (χ4n) is 2.11. The van der Waals surface area contributed by atoms with Gasteiger partial charge in [-0.25, -0.2) is 0 Å². The van der Waals surface area contributed by atoms with Crippen LogP contribution in [0.2, 0.25) is 0 Å². The fourth-order valence-corrected chi connectivity index (χ4v) is 2.11. The topological polar surface area (TPSA) is 40.5 Å². The van der Waals surface area contributed by atoms with E-state index in [1.54, 1.807) is 0 Å². The summed E-state index contributed by atoms with van der Waals surface area (Å²) in [5.41, 5.74) is -0.416. The molecule has 1 heterocycles. The maximum Gasteiger partial charge on any atom is 0.416 e. The van der Waals surface area contributed by atoms with Crippen LogP contribution in [0.3, 0.4) is 0 Å². The number of benzene rings is 1. The average molecular weight is 273 g/mol. The second-order valence-corrected chi connectivity index (χ2v) is 4.66. The second-order valence-electron chi connectivity index (χ2n) is 4.66. The van der Waals surface area contributed by atoms with E-state index in [4.69, 9.17) is 0 Å². The molecule has 6 heteroatoms. The number of aliphatic hydroxyl groups is 1. The Bertz CT molecular complexity index is 473. The summed E-state index contributed by atoms with van der Waals surface area (Å²) in [5, 5.41) is 9.32. The number of rotatable bonds is 2. The molecule has 0 aromatic heterocycles. The van der Waals surface area contributed by atoms with E-state index in [9.17, 15) is 23.1 Å². The number of hydrogen-bond acceptors (Lipinski definition) is 2. The lowest BCUT2D eigenvalue weighted by Gasteiger charge is -2.16. The van der Waals surface area contributed by atoms with Crippen LogP contribution in [0.5, 0.6) is 0 Å². The van der Waals surface area contributed by atoms with Gasteiger partial charge in [-0.3, -0.25) is 4.79 Å². The van der Waals surface area contributed by atoms with Gasteiger partial charge in [-0.1, -0.05) is 18.2 Å². The highest BCUT2D eigenvalue weighted by Crippen LogP contribution is 2.29. The first-order chi connectivity index (χ1) is 8.86.